The van der Waals surface area contributed by atoms with Gasteiger partial charge in [-0.2, -0.15) is 18.4 Å². The third kappa shape index (κ3) is 3.45. The number of pyridine rings is 1. The van der Waals surface area contributed by atoms with E-state index in [4.69, 9.17) is 5.26 Å². The molecule has 0 aliphatic heterocycles. The first kappa shape index (κ1) is 14.0. The number of alkyl halides is 3. The van der Waals surface area contributed by atoms with Gasteiger partial charge in [-0.1, -0.05) is 0 Å². The first-order chi connectivity index (χ1) is 8.15. The van der Waals surface area contributed by atoms with Gasteiger partial charge >= 0.3 is 6.18 Å². The summed E-state index contributed by atoms with van der Waals surface area (Å²) in [6.45, 7) is 2.93. The van der Waals surface area contributed by atoms with Crippen LogP contribution < -0.4 is 5.32 Å². The predicted octanol–water partition coefficient (Wildman–Crippen LogP) is 2.13. The topological polar surface area (TPSA) is 65.8 Å². The minimum Gasteiger partial charge on any atom is -0.333 e. The van der Waals surface area contributed by atoms with Gasteiger partial charge in [0.1, 0.15) is 11.2 Å². The number of nitriles is 1. The summed E-state index contributed by atoms with van der Waals surface area (Å²) in [5.74, 6) is -0.699. The number of carbonyl (C=O) groups excluding carboxylic acids is 1. The van der Waals surface area contributed by atoms with Crippen molar-refractivity contribution in [2.75, 3.05) is 0 Å². The van der Waals surface area contributed by atoms with Gasteiger partial charge in [0.2, 0.25) is 0 Å². The van der Waals surface area contributed by atoms with Crippen LogP contribution in [0, 0.1) is 11.3 Å². The van der Waals surface area contributed by atoms with Crippen LogP contribution in [-0.2, 0) is 6.18 Å². The Morgan fingerprint density at radius 1 is 1.39 bits per heavy atom. The number of carbonyl (C=O) groups is 1. The highest BCUT2D eigenvalue weighted by Crippen LogP contribution is 2.28. The Labute approximate surface area is 101 Å². The Morgan fingerprint density at radius 2 is 2.00 bits per heavy atom. The zero-order chi connectivity index (χ0) is 14.0. The molecule has 7 heteroatoms. The molecule has 0 saturated heterocycles. The molecule has 96 valence electrons. The highest BCUT2D eigenvalue weighted by Gasteiger charge is 2.31. The lowest BCUT2D eigenvalue weighted by Crippen LogP contribution is -2.42. The standard InChI is InChI=1S/C11H10F3N3O/c1-10(2,6-15)17-9(18)8-4-3-7(5-16-8)11(12,13)14/h3-5H,1-2H3,(H,17,18). The van der Waals surface area contributed by atoms with Crippen molar-refractivity contribution in [1.29, 1.82) is 5.26 Å². The van der Waals surface area contributed by atoms with Crippen LogP contribution in [0.15, 0.2) is 18.3 Å². The number of amides is 1. The van der Waals surface area contributed by atoms with Gasteiger partial charge in [-0.05, 0) is 26.0 Å². The first-order valence-electron chi connectivity index (χ1n) is 4.93. The van der Waals surface area contributed by atoms with E-state index in [1.807, 2.05) is 6.07 Å². The van der Waals surface area contributed by atoms with Gasteiger partial charge in [-0.15, -0.1) is 0 Å². The third-order valence-corrected chi connectivity index (χ3v) is 2.03. The monoisotopic (exact) mass is 257 g/mol. The molecule has 1 amide bonds. The van der Waals surface area contributed by atoms with E-state index in [0.717, 1.165) is 12.1 Å². The molecule has 0 unspecified atom stereocenters. The van der Waals surface area contributed by atoms with Crippen molar-refractivity contribution < 1.29 is 18.0 Å². The van der Waals surface area contributed by atoms with Crippen LogP contribution in [0.3, 0.4) is 0 Å². The molecule has 0 radical (unpaired) electrons. The lowest BCUT2D eigenvalue weighted by molar-refractivity contribution is -0.137. The summed E-state index contributed by atoms with van der Waals surface area (Å²) < 4.78 is 36.8. The molecular weight excluding hydrogens is 247 g/mol. The van der Waals surface area contributed by atoms with E-state index >= 15 is 0 Å². The largest absolute Gasteiger partial charge is 0.417 e. The van der Waals surface area contributed by atoms with Crippen molar-refractivity contribution in [3.8, 4) is 6.07 Å². The summed E-state index contributed by atoms with van der Waals surface area (Å²) in [7, 11) is 0. The molecule has 0 aliphatic carbocycles. The number of nitrogens with zero attached hydrogens (tertiary/aromatic N) is 2. The SMILES string of the molecule is CC(C)(C#N)NC(=O)c1ccc(C(F)(F)F)cn1. The quantitative estimate of drug-likeness (QED) is 0.882. The Kier molecular flexibility index (Phi) is 3.60. The van der Waals surface area contributed by atoms with Crippen molar-refractivity contribution in [3.05, 3.63) is 29.6 Å². The number of aromatic nitrogens is 1. The number of rotatable bonds is 2. The fraction of sp³-hybridized carbons (Fsp3) is 0.364. The fourth-order valence-electron chi connectivity index (χ4n) is 1.07. The van der Waals surface area contributed by atoms with Gasteiger partial charge in [0.25, 0.3) is 5.91 Å². The van der Waals surface area contributed by atoms with Crippen molar-refractivity contribution >= 4 is 5.91 Å². The van der Waals surface area contributed by atoms with Crippen LogP contribution >= 0.6 is 0 Å². The first-order valence-corrected chi connectivity index (χ1v) is 4.93. The second-order valence-electron chi connectivity index (χ2n) is 4.12. The molecule has 0 saturated carbocycles. The molecule has 0 fully saturated rings. The summed E-state index contributed by atoms with van der Waals surface area (Å²) in [4.78, 5) is 15.0. The van der Waals surface area contributed by atoms with E-state index in [-0.39, 0.29) is 5.69 Å². The smallest absolute Gasteiger partial charge is 0.333 e. The number of hydrogen-bond acceptors (Lipinski definition) is 3. The molecule has 0 spiro atoms. The average molecular weight is 257 g/mol. The van der Waals surface area contributed by atoms with Crippen LogP contribution in [0.5, 0.6) is 0 Å². The van der Waals surface area contributed by atoms with E-state index in [0.29, 0.717) is 6.20 Å². The van der Waals surface area contributed by atoms with Gasteiger partial charge in [-0.3, -0.25) is 9.78 Å². The van der Waals surface area contributed by atoms with E-state index in [2.05, 4.69) is 10.3 Å². The van der Waals surface area contributed by atoms with Crippen LogP contribution in [-0.4, -0.2) is 16.4 Å². The summed E-state index contributed by atoms with van der Waals surface area (Å²) >= 11 is 0. The second-order valence-corrected chi connectivity index (χ2v) is 4.12. The van der Waals surface area contributed by atoms with Gasteiger partial charge < -0.3 is 5.32 Å². The normalized spacial score (nSPS) is 11.8. The maximum atomic E-state index is 12.3. The maximum absolute atomic E-state index is 12.3. The molecule has 0 aliphatic rings. The Hall–Kier alpha value is -2.10. The summed E-state index contributed by atoms with van der Waals surface area (Å²) in [5, 5.41) is 11.0. The van der Waals surface area contributed by atoms with Gasteiger partial charge in [-0.25, -0.2) is 0 Å². The molecule has 0 bridgehead atoms. The van der Waals surface area contributed by atoms with Crippen molar-refractivity contribution in [2.24, 2.45) is 0 Å². The Bertz CT molecular complexity index is 486. The molecule has 0 atom stereocenters. The Balaban J connectivity index is 2.87. The number of nitrogens with one attached hydrogen (secondary N) is 1. The van der Waals surface area contributed by atoms with Gasteiger partial charge in [0.05, 0.1) is 11.6 Å². The lowest BCUT2D eigenvalue weighted by Gasteiger charge is -2.17. The molecular formula is C11H10F3N3O. The van der Waals surface area contributed by atoms with Gasteiger partial charge in [0.15, 0.2) is 0 Å². The zero-order valence-corrected chi connectivity index (χ0v) is 9.67. The molecule has 1 heterocycles. The minimum atomic E-state index is -4.49. The Morgan fingerprint density at radius 3 is 2.39 bits per heavy atom. The fourth-order valence-corrected chi connectivity index (χ4v) is 1.07. The molecule has 1 N–H and O–H groups in total. The van der Waals surface area contributed by atoms with E-state index < -0.39 is 23.2 Å². The van der Waals surface area contributed by atoms with E-state index in [9.17, 15) is 18.0 Å². The highest BCUT2D eigenvalue weighted by molar-refractivity contribution is 5.92. The van der Waals surface area contributed by atoms with Gasteiger partial charge in [0, 0.05) is 6.20 Å². The molecule has 1 rings (SSSR count). The minimum absolute atomic E-state index is 0.175. The van der Waals surface area contributed by atoms with Crippen LogP contribution in [0.1, 0.15) is 29.9 Å². The number of hydrogen-bond donors (Lipinski definition) is 1. The molecule has 1 aromatic rings. The summed E-state index contributed by atoms with van der Waals surface area (Å²) in [5.41, 5.74) is -2.22. The summed E-state index contributed by atoms with van der Waals surface area (Å²) in [6.07, 6.45) is -3.91. The predicted molar refractivity (Wildman–Crippen MR) is 56.4 cm³/mol. The third-order valence-electron chi connectivity index (χ3n) is 2.03. The average Bonchev–Trinajstić information content (AvgIpc) is 2.27. The van der Waals surface area contributed by atoms with E-state index in [1.54, 1.807) is 0 Å². The van der Waals surface area contributed by atoms with Crippen molar-refractivity contribution in [1.82, 2.24) is 10.3 Å². The second kappa shape index (κ2) is 4.64. The van der Waals surface area contributed by atoms with Crippen LogP contribution in [0.25, 0.3) is 0 Å². The van der Waals surface area contributed by atoms with E-state index in [1.165, 1.54) is 13.8 Å². The molecule has 18 heavy (non-hydrogen) atoms. The zero-order valence-electron chi connectivity index (χ0n) is 9.67. The van der Waals surface area contributed by atoms with Crippen LogP contribution in [0.4, 0.5) is 13.2 Å². The summed E-state index contributed by atoms with van der Waals surface area (Å²) in [6, 6.07) is 3.57. The van der Waals surface area contributed by atoms with Crippen molar-refractivity contribution in [2.45, 2.75) is 25.6 Å². The molecule has 4 nitrogen and oxygen atoms in total. The molecule has 1 aromatic heterocycles. The molecule has 0 aromatic carbocycles. The van der Waals surface area contributed by atoms with Crippen LogP contribution in [0.2, 0.25) is 0 Å². The maximum Gasteiger partial charge on any atom is 0.417 e. The van der Waals surface area contributed by atoms with Crippen molar-refractivity contribution in [3.63, 3.8) is 0 Å². The highest BCUT2D eigenvalue weighted by atomic mass is 19.4. The number of halogens is 3. The lowest BCUT2D eigenvalue weighted by atomic mass is 10.1.